The summed E-state index contributed by atoms with van der Waals surface area (Å²) in [5, 5.41) is 10.1. The highest BCUT2D eigenvalue weighted by molar-refractivity contribution is 7.90. The third-order valence-corrected chi connectivity index (χ3v) is 6.95. The Morgan fingerprint density at radius 3 is 2.56 bits per heavy atom. The number of hydrogen-bond donors (Lipinski definition) is 1. The molecule has 2 heterocycles. The maximum absolute atomic E-state index is 12.1. The van der Waals surface area contributed by atoms with Gasteiger partial charge in [0.25, 0.3) is 0 Å². The van der Waals surface area contributed by atoms with Gasteiger partial charge >= 0.3 is 0 Å². The van der Waals surface area contributed by atoms with Gasteiger partial charge in [-0.05, 0) is 37.8 Å². The van der Waals surface area contributed by atoms with Gasteiger partial charge in [0.1, 0.15) is 5.82 Å². The van der Waals surface area contributed by atoms with Crippen molar-refractivity contribution in [1.29, 1.82) is 5.26 Å². The Bertz CT molecular complexity index is 939. The van der Waals surface area contributed by atoms with Gasteiger partial charge in [-0.25, -0.2) is 18.1 Å². The molecule has 4 rings (SSSR count). The quantitative estimate of drug-likeness (QED) is 0.907. The van der Waals surface area contributed by atoms with Crippen LogP contribution >= 0.6 is 0 Å². The molecule has 0 spiro atoms. The van der Waals surface area contributed by atoms with E-state index in [9.17, 15) is 13.7 Å². The van der Waals surface area contributed by atoms with Crippen LogP contribution in [0.1, 0.15) is 31.2 Å². The zero-order valence-electron chi connectivity index (χ0n) is 13.9. The van der Waals surface area contributed by atoms with E-state index in [4.69, 9.17) is 0 Å². The number of sulfonamides is 1. The van der Waals surface area contributed by atoms with Crippen LogP contribution in [0.15, 0.2) is 30.3 Å². The predicted octanol–water partition coefficient (Wildman–Crippen LogP) is 2.16. The summed E-state index contributed by atoms with van der Waals surface area (Å²) in [6, 6.07) is 11.7. The average molecular weight is 356 g/mol. The molecule has 2 aliphatic rings. The van der Waals surface area contributed by atoms with Crippen LogP contribution in [0.5, 0.6) is 0 Å². The van der Waals surface area contributed by atoms with Crippen molar-refractivity contribution in [1.82, 2.24) is 9.71 Å². The molecule has 0 amide bonds. The fourth-order valence-corrected chi connectivity index (χ4v) is 5.00. The minimum absolute atomic E-state index is 0.00209. The standard InChI is InChI=1S/C18H20N4O2S/c19-12-13-11-18(20-17-4-2-1-3-16(13)17)22-9-7-14(8-10-22)21-25(23,24)15-5-6-15/h1-4,11,14-15,21H,5-10H2. The predicted molar refractivity (Wildman–Crippen MR) is 96.8 cm³/mol. The highest BCUT2D eigenvalue weighted by Gasteiger charge is 2.37. The van der Waals surface area contributed by atoms with Gasteiger partial charge in [0.2, 0.25) is 10.0 Å². The number of benzene rings is 1. The maximum Gasteiger partial charge on any atom is 0.214 e. The highest BCUT2D eigenvalue weighted by Crippen LogP contribution is 2.29. The minimum Gasteiger partial charge on any atom is -0.356 e. The number of rotatable bonds is 4. The second-order valence-electron chi connectivity index (χ2n) is 6.78. The van der Waals surface area contributed by atoms with Crippen LogP contribution in [-0.2, 0) is 10.0 Å². The van der Waals surface area contributed by atoms with E-state index in [1.807, 2.05) is 30.3 Å². The van der Waals surface area contributed by atoms with Crippen molar-refractivity contribution >= 4 is 26.7 Å². The summed E-state index contributed by atoms with van der Waals surface area (Å²) in [7, 11) is -3.14. The first-order chi connectivity index (χ1) is 12.1. The van der Waals surface area contributed by atoms with E-state index in [1.54, 1.807) is 0 Å². The van der Waals surface area contributed by atoms with Gasteiger partial charge in [0.05, 0.1) is 22.4 Å². The molecule has 2 fully saturated rings. The summed E-state index contributed by atoms with van der Waals surface area (Å²) in [6.45, 7) is 1.46. The molecular formula is C18H20N4O2S. The second kappa shape index (κ2) is 6.28. The molecule has 130 valence electrons. The first-order valence-electron chi connectivity index (χ1n) is 8.63. The van der Waals surface area contributed by atoms with Crippen molar-refractivity contribution in [2.24, 2.45) is 0 Å². The van der Waals surface area contributed by atoms with Gasteiger partial charge in [-0.1, -0.05) is 18.2 Å². The van der Waals surface area contributed by atoms with E-state index in [1.165, 1.54) is 0 Å². The van der Waals surface area contributed by atoms with Gasteiger partial charge in [-0.15, -0.1) is 0 Å². The van der Waals surface area contributed by atoms with E-state index < -0.39 is 10.0 Å². The molecule has 1 aromatic heterocycles. The summed E-state index contributed by atoms with van der Waals surface area (Å²) in [4.78, 5) is 6.82. The molecule has 1 aliphatic carbocycles. The van der Waals surface area contributed by atoms with Crippen LogP contribution in [0.2, 0.25) is 0 Å². The lowest BCUT2D eigenvalue weighted by Crippen LogP contribution is -2.45. The molecule has 1 aromatic carbocycles. The summed E-state index contributed by atoms with van der Waals surface area (Å²) in [6.07, 6.45) is 3.07. The minimum atomic E-state index is -3.14. The largest absolute Gasteiger partial charge is 0.356 e. The molecule has 1 saturated heterocycles. The third-order valence-electron chi connectivity index (χ3n) is 4.94. The molecular weight excluding hydrogens is 336 g/mol. The van der Waals surface area contributed by atoms with Crippen LogP contribution in [0.25, 0.3) is 10.9 Å². The molecule has 1 aliphatic heterocycles. The lowest BCUT2D eigenvalue weighted by molar-refractivity contribution is 0.458. The maximum atomic E-state index is 12.1. The second-order valence-corrected chi connectivity index (χ2v) is 8.77. The normalized spacial score (nSPS) is 19.1. The fraction of sp³-hybridized carbons (Fsp3) is 0.444. The van der Waals surface area contributed by atoms with Crippen molar-refractivity contribution in [3.8, 4) is 6.07 Å². The molecule has 1 saturated carbocycles. The highest BCUT2D eigenvalue weighted by atomic mass is 32.2. The Morgan fingerprint density at radius 2 is 1.88 bits per heavy atom. The zero-order valence-corrected chi connectivity index (χ0v) is 14.7. The number of anilines is 1. The number of nitrogens with one attached hydrogen (secondary N) is 1. The number of fused-ring (bicyclic) bond motifs is 1. The Kier molecular flexibility index (Phi) is 4.10. The third kappa shape index (κ3) is 3.32. The average Bonchev–Trinajstić information content (AvgIpc) is 3.47. The lowest BCUT2D eigenvalue weighted by atomic mass is 10.1. The molecule has 6 nitrogen and oxygen atoms in total. The number of aromatic nitrogens is 1. The zero-order chi connectivity index (χ0) is 17.4. The van der Waals surface area contributed by atoms with Crippen molar-refractivity contribution in [3.63, 3.8) is 0 Å². The van der Waals surface area contributed by atoms with Crippen LogP contribution in [0.4, 0.5) is 5.82 Å². The summed E-state index contributed by atoms with van der Waals surface area (Å²) in [5.41, 5.74) is 1.44. The van der Waals surface area contributed by atoms with Crippen molar-refractivity contribution in [3.05, 3.63) is 35.9 Å². The Morgan fingerprint density at radius 1 is 1.16 bits per heavy atom. The molecule has 25 heavy (non-hydrogen) atoms. The monoisotopic (exact) mass is 356 g/mol. The number of pyridine rings is 1. The Hall–Kier alpha value is -2.17. The van der Waals surface area contributed by atoms with Crippen LogP contribution in [0, 0.1) is 11.3 Å². The summed E-state index contributed by atoms with van der Waals surface area (Å²) < 4.78 is 27.0. The van der Waals surface area contributed by atoms with Crippen molar-refractivity contribution in [2.45, 2.75) is 37.0 Å². The van der Waals surface area contributed by atoms with E-state index in [0.717, 1.165) is 55.5 Å². The number of hydrogen-bond acceptors (Lipinski definition) is 5. The van der Waals surface area contributed by atoms with Gasteiger partial charge in [-0.3, -0.25) is 0 Å². The fourth-order valence-electron chi connectivity index (χ4n) is 3.35. The van der Waals surface area contributed by atoms with E-state index in [2.05, 4.69) is 20.7 Å². The molecule has 1 N–H and O–H groups in total. The first-order valence-corrected chi connectivity index (χ1v) is 10.2. The van der Waals surface area contributed by atoms with E-state index in [-0.39, 0.29) is 11.3 Å². The SMILES string of the molecule is N#Cc1cc(N2CCC(NS(=O)(=O)C3CC3)CC2)nc2ccccc12. The molecule has 7 heteroatoms. The number of nitrogens with zero attached hydrogens (tertiary/aromatic N) is 3. The van der Waals surface area contributed by atoms with E-state index >= 15 is 0 Å². The summed E-state index contributed by atoms with van der Waals surface area (Å²) in [5.74, 6) is 0.791. The van der Waals surface area contributed by atoms with Crippen LogP contribution in [-0.4, -0.2) is 37.8 Å². The van der Waals surface area contributed by atoms with Gasteiger partial charge in [0, 0.05) is 24.5 Å². The number of nitriles is 1. The molecule has 0 atom stereocenters. The van der Waals surface area contributed by atoms with Gasteiger partial charge in [0.15, 0.2) is 0 Å². The first kappa shape index (κ1) is 16.3. The van der Waals surface area contributed by atoms with Crippen molar-refractivity contribution < 1.29 is 8.42 Å². The lowest BCUT2D eigenvalue weighted by Gasteiger charge is -2.33. The molecule has 0 unspecified atom stereocenters. The summed E-state index contributed by atoms with van der Waals surface area (Å²) >= 11 is 0. The molecule has 0 bridgehead atoms. The van der Waals surface area contributed by atoms with Crippen LogP contribution < -0.4 is 9.62 Å². The molecule has 2 aromatic rings. The van der Waals surface area contributed by atoms with Gasteiger partial charge < -0.3 is 4.90 Å². The number of para-hydroxylation sites is 1. The smallest absolute Gasteiger partial charge is 0.214 e. The van der Waals surface area contributed by atoms with Crippen molar-refractivity contribution in [2.75, 3.05) is 18.0 Å². The van der Waals surface area contributed by atoms with Crippen LogP contribution in [0.3, 0.4) is 0 Å². The Balaban J connectivity index is 1.49. The van der Waals surface area contributed by atoms with Gasteiger partial charge in [-0.2, -0.15) is 5.26 Å². The Labute approximate surface area is 147 Å². The number of piperidine rings is 1. The topological polar surface area (TPSA) is 86.1 Å². The van der Waals surface area contributed by atoms with E-state index in [0.29, 0.717) is 5.56 Å². The molecule has 0 radical (unpaired) electrons.